The van der Waals surface area contributed by atoms with Crippen molar-refractivity contribution in [1.29, 1.82) is 0 Å². The van der Waals surface area contributed by atoms with Gasteiger partial charge in [-0.15, -0.1) is 0 Å². The molecule has 0 amide bonds. The van der Waals surface area contributed by atoms with Gasteiger partial charge in [-0.2, -0.15) is 4.40 Å². The second-order valence-electron chi connectivity index (χ2n) is 7.19. The van der Waals surface area contributed by atoms with Gasteiger partial charge >= 0.3 is 5.78 Å². The van der Waals surface area contributed by atoms with Crippen molar-refractivity contribution < 1.29 is 9.14 Å². The van der Waals surface area contributed by atoms with Crippen LogP contribution in [0.2, 0.25) is 0 Å². The van der Waals surface area contributed by atoms with E-state index < -0.39 is 0 Å². The van der Waals surface area contributed by atoms with Crippen LogP contribution in [0, 0.1) is 0 Å². The number of para-hydroxylation sites is 2. The Bertz CT molecular complexity index is 1040. The van der Waals surface area contributed by atoms with Crippen LogP contribution in [0.5, 0.6) is 5.75 Å². The van der Waals surface area contributed by atoms with Crippen molar-refractivity contribution in [1.82, 2.24) is 14.9 Å². The lowest BCUT2D eigenvalue weighted by atomic mass is 10.1. The topological polar surface area (TPSA) is 46.1 Å². The molecule has 0 bridgehead atoms. The molecule has 4 aromatic rings. The molecule has 2 aromatic carbocycles. The van der Waals surface area contributed by atoms with Gasteiger partial charge in [0.25, 0.3) is 0 Å². The summed E-state index contributed by atoms with van der Waals surface area (Å²) in [5.74, 6) is 1.99. The number of ether oxygens (including phenoxy) is 1. The molecule has 5 nitrogen and oxygen atoms in total. The first-order valence-electron chi connectivity index (χ1n) is 9.57. The quantitative estimate of drug-likeness (QED) is 0.388. The molecule has 2 heterocycles. The van der Waals surface area contributed by atoms with Crippen LogP contribution in [0.4, 0.5) is 0 Å². The van der Waals surface area contributed by atoms with Crippen LogP contribution in [0.1, 0.15) is 20.3 Å². The largest absolute Gasteiger partial charge is 0.497 e. The van der Waals surface area contributed by atoms with E-state index in [-0.39, 0.29) is 0 Å². The van der Waals surface area contributed by atoms with E-state index >= 15 is 0 Å². The number of methoxy groups -OCH3 is 1. The number of hydrogen-bond acceptors (Lipinski definition) is 2. The first kappa shape index (κ1) is 17.6. The summed E-state index contributed by atoms with van der Waals surface area (Å²) in [5, 5.41) is 3.51. The molecule has 2 N–H and O–H groups in total. The first-order valence-corrected chi connectivity index (χ1v) is 9.57. The Morgan fingerprint density at radius 3 is 2.63 bits per heavy atom. The predicted molar refractivity (Wildman–Crippen MR) is 109 cm³/mol. The van der Waals surface area contributed by atoms with Crippen LogP contribution in [0.25, 0.3) is 28.1 Å². The number of aromatic nitrogens is 3. The van der Waals surface area contributed by atoms with Crippen LogP contribution in [-0.2, 0) is 6.54 Å². The number of nitrogens with one attached hydrogen (secondary N) is 2. The fourth-order valence-electron chi connectivity index (χ4n) is 3.56. The van der Waals surface area contributed by atoms with Crippen molar-refractivity contribution in [3.8, 4) is 17.0 Å². The Morgan fingerprint density at radius 1 is 1.11 bits per heavy atom. The van der Waals surface area contributed by atoms with Crippen molar-refractivity contribution >= 4 is 16.8 Å². The van der Waals surface area contributed by atoms with Crippen molar-refractivity contribution in [2.45, 2.75) is 32.9 Å². The molecule has 0 saturated carbocycles. The van der Waals surface area contributed by atoms with Crippen LogP contribution < -0.4 is 14.5 Å². The normalized spacial score (nSPS) is 11.7. The number of hydrogen-bond donors (Lipinski definition) is 2. The van der Waals surface area contributed by atoms with Crippen molar-refractivity contribution in [3.05, 3.63) is 54.7 Å². The fraction of sp³-hybridized carbons (Fsp3) is 0.318. The minimum atomic E-state index is 0.512. The predicted octanol–water partition coefficient (Wildman–Crippen LogP) is 3.77. The Labute approximate surface area is 159 Å². The minimum absolute atomic E-state index is 0.512. The molecule has 2 aromatic heterocycles. The van der Waals surface area contributed by atoms with Gasteiger partial charge in [-0.05, 0) is 49.4 Å². The van der Waals surface area contributed by atoms with E-state index in [1.165, 1.54) is 16.8 Å². The number of H-pyrrole nitrogens is 1. The molecule has 0 atom stereocenters. The molecular weight excluding hydrogens is 336 g/mol. The lowest BCUT2D eigenvalue weighted by Crippen LogP contribution is -2.24. The third kappa shape index (κ3) is 3.43. The van der Waals surface area contributed by atoms with Crippen LogP contribution in [0.3, 0.4) is 0 Å². The highest BCUT2D eigenvalue weighted by Gasteiger charge is 2.21. The van der Waals surface area contributed by atoms with Gasteiger partial charge in [-0.1, -0.05) is 26.0 Å². The van der Waals surface area contributed by atoms with E-state index in [1.807, 2.05) is 12.1 Å². The lowest BCUT2D eigenvalue weighted by Gasteiger charge is -2.08. The number of benzene rings is 2. The molecule has 0 radical (unpaired) electrons. The molecule has 0 fully saturated rings. The molecule has 0 spiro atoms. The summed E-state index contributed by atoms with van der Waals surface area (Å²) in [6.45, 7) is 6.32. The van der Waals surface area contributed by atoms with E-state index in [0.717, 1.165) is 36.6 Å². The first-order chi connectivity index (χ1) is 13.2. The molecule has 0 aliphatic carbocycles. The summed E-state index contributed by atoms with van der Waals surface area (Å²) in [7, 11) is 1.70. The van der Waals surface area contributed by atoms with Crippen molar-refractivity contribution in [3.63, 3.8) is 0 Å². The SMILES string of the molecule is COc1ccc(-c2c[n+]3c4ccccc4[nH]c3n2CCCNC(C)C)cc1. The number of fused-ring (bicyclic) bond motifs is 3. The van der Waals surface area contributed by atoms with Gasteiger partial charge in [0.1, 0.15) is 28.7 Å². The summed E-state index contributed by atoms with van der Waals surface area (Å²) in [6, 6.07) is 17.2. The van der Waals surface area contributed by atoms with E-state index in [4.69, 9.17) is 4.74 Å². The summed E-state index contributed by atoms with van der Waals surface area (Å²) >= 11 is 0. The molecule has 4 rings (SSSR count). The van der Waals surface area contributed by atoms with E-state index in [1.54, 1.807) is 7.11 Å². The second kappa shape index (κ2) is 7.45. The monoisotopic (exact) mass is 363 g/mol. The molecule has 0 unspecified atom stereocenters. The van der Waals surface area contributed by atoms with Gasteiger partial charge < -0.3 is 10.1 Å². The number of rotatable bonds is 7. The average Bonchev–Trinajstić information content (AvgIpc) is 3.21. The second-order valence-corrected chi connectivity index (χ2v) is 7.19. The Balaban J connectivity index is 1.76. The van der Waals surface area contributed by atoms with Gasteiger partial charge in [0.2, 0.25) is 0 Å². The zero-order chi connectivity index (χ0) is 18.8. The number of nitrogens with zero attached hydrogens (tertiary/aromatic N) is 2. The highest BCUT2D eigenvalue weighted by Crippen LogP contribution is 2.25. The van der Waals surface area contributed by atoms with Crippen LogP contribution >= 0.6 is 0 Å². The molecule has 0 aliphatic heterocycles. The Morgan fingerprint density at radius 2 is 1.89 bits per heavy atom. The zero-order valence-electron chi connectivity index (χ0n) is 16.2. The summed E-state index contributed by atoms with van der Waals surface area (Å²) < 4.78 is 9.95. The Kier molecular flexibility index (Phi) is 4.86. The van der Waals surface area contributed by atoms with Gasteiger partial charge in [-0.25, -0.2) is 9.55 Å². The maximum absolute atomic E-state index is 5.31. The molecule has 5 heteroatoms. The average molecular weight is 363 g/mol. The highest BCUT2D eigenvalue weighted by atomic mass is 16.5. The maximum atomic E-state index is 5.31. The van der Waals surface area contributed by atoms with Gasteiger partial charge in [0.05, 0.1) is 13.7 Å². The number of aromatic amines is 1. The van der Waals surface area contributed by atoms with E-state index in [0.29, 0.717) is 6.04 Å². The summed E-state index contributed by atoms with van der Waals surface area (Å²) in [4.78, 5) is 3.59. The lowest BCUT2D eigenvalue weighted by molar-refractivity contribution is -0.479. The molecule has 0 saturated heterocycles. The Hall–Kier alpha value is -2.79. The molecule has 0 aliphatic rings. The van der Waals surface area contributed by atoms with Crippen LogP contribution in [-0.4, -0.2) is 29.2 Å². The molecule has 140 valence electrons. The molecular formula is C22H27N4O+. The third-order valence-corrected chi connectivity index (χ3v) is 4.93. The summed E-state index contributed by atoms with van der Waals surface area (Å²) in [6.07, 6.45) is 3.30. The number of aryl methyl sites for hydroxylation is 1. The fourth-order valence-corrected chi connectivity index (χ4v) is 3.56. The smallest absolute Gasteiger partial charge is 0.368 e. The van der Waals surface area contributed by atoms with E-state index in [2.05, 4.69) is 75.7 Å². The van der Waals surface area contributed by atoms with Gasteiger partial charge in [0.15, 0.2) is 0 Å². The van der Waals surface area contributed by atoms with Crippen molar-refractivity contribution in [2.75, 3.05) is 13.7 Å². The van der Waals surface area contributed by atoms with Crippen LogP contribution in [0.15, 0.2) is 54.7 Å². The standard InChI is InChI=1S/C22H26N4O/c1-16(2)23-13-6-14-25-21(17-9-11-18(27-3)12-10-17)15-26-20-8-5-4-7-19(20)24-22(25)26/h4-5,7-12,15-16,23H,6,13-14H2,1-3H3/p+1. The number of imidazole rings is 2. The minimum Gasteiger partial charge on any atom is -0.497 e. The van der Waals surface area contributed by atoms with Gasteiger partial charge in [0, 0.05) is 11.6 Å². The highest BCUT2D eigenvalue weighted by molar-refractivity contribution is 5.74. The zero-order valence-corrected chi connectivity index (χ0v) is 16.2. The molecule has 27 heavy (non-hydrogen) atoms. The van der Waals surface area contributed by atoms with Gasteiger partial charge in [-0.3, -0.25) is 0 Å². The summed E-state index contributed by atoms with van der Waals surface area (Å²) in [5.41, 5.74) is 4.75. The van der Waals surface area contributed by atoms with E-state index in [9.17, 15) is 0 Å². The third-order valence-electron chi connectivity index (χ3n) is 4.93. The van der Waals surface area contributed by atoms with Crippen molar-refractivity contribution in [2.24, 2.45) is 0 Å². The maximum Gasteiger partial charge on any atom is 0.368 e.